The third-order valence-electron chi connectivity index (χ3n) is 7.88. The van der Waals surface area contributed by atoms with Gasteiger partial charge in [0.05, 0.1) is 17.6 Å². The van der Waals surface area contributed by atoms with Crippen molar-refractivity contribution < 1.29 is 14.5 Å². The summed E-state index contributed by atoms with van der Waals surface area (Å²) in [4.78, 5) is 24.8. The van der Waals surface area contributed by atoms with Gasteiger partial charge in [0.15, 0.2) is 5.78 Å². The second kappa shape index (κ2) is 10.4. The van der Waals surface area contributed by atoms with Crippen LogP contribution in [0.3, 0.4) is 0 Å². The van der Waals surface area contributed by atoms with Gasteiger partial charge in [0, 0.05) is 35.4 Å². The number of nitro groups is 1. The van der Waals surface area contributed by atoms with Gasteiger partial charge in [-0.1, -0.05) is 55.8 Å². The van der Waals surface area contributed by atoms with Crippen molar-refractivity contribution in [1.82, 2.24) is 0 Å². The predicted octanol–water partition coefficient (Wildman–Crippen LogP) is 7.99. The number of nitro benzene ring substituents is 1. The van der Waals surface area contributed by atoms with Crippen molar-refractivity contribution in [2.45, 2.75) is 44.6 Å². The van der Waals surface area contributed by atoms with E-state index in [2.05, 4.69) is 48.6 Å². The number of ether oxygens (including phenoxy) is 1. The molecule has 0 radical (unpaired) electrons. The first-order chi connectivity index (χ1) is 19.0. The van der Waals surface area contributed by atoms with Gasteiger partial charge in [-0.05, 0) is 76.6 Å². The summed E-state index contributed by atoms with van der Waals surface area (Å²) in [6.07, 6.45) is 3.27. The first-order valence-corrected chi connectivity index (χ1v) is 13.6. The average molecular weight is 519 g/mol. The minimum atomic E-state index is -0.402. The molecule has 0 spiro atoms. The van der Waals surface area contributed by atoms with Gasteiger partial charge < -0.3 is 10.1 Å². The minimum Gasteiger partial charge on any atom is -0.494 e. The number of carbonyl (C=O) groups is 1. The van der Waals surface area contributed by atoms with Crippen molar-refractivity contribution in [2.75, 3.05) is 11.9 Å². The first-order valence-electron chi connectivity index (χ1n) is 13.6. The smallest absolute Gasteiger partial charge is 0.269 e. The van der Waals surface area contributed by atoms with Crippen LogP contribution in [0.5, 0.6) is 5.75 Å². The fourth-order valence-electron chi connectivity index (χ4n) is 5.89. The topological polar surface area (TPSA) is 81.5 Å². The Labute approximate surface area is 227 Å². The van der Waals surface area contributed by atoms with E-state index in [1.165, 1.54) is 12.1 Å². The van der Waals surface area contributed by atoms with Gasteiger partial charge in [0.25, 0.3) is 5.69 Å². The Hall–Kier alpha value is -4.45. The standard InChI is InChI=1S/C33H30N2O4/c1-2-3-18-39-26-15-10-21(11-16-26)24-19-28-31-27-7-5-4-6-22(27)12-17-29(31)34-33(32(28)30(36)20-24)23-8-13-25(14-9-23)35(37)38/h4-17,24,33-34H,2-3,18-20H2,1H3/t24-,33-/m1/s1. The van der Waals surface area contributed by atoms with E-state index >= 15 is 0 Å². The van der Waals surface area contributed by atoms with Crippen molar-refractivity contribution >= 4 is 33.5 Å². The Morgan fingerprint density at radius 2 is 1.67 bits per heavy atom. The zero-order chi connectivity index (χ0) is 26.9. The molecule has 6 heteroatoms. The third-order valence-corrected chi connectivity index (χ3v) is 7.88. The lowest BCUT2D eigenvalue weighted by molar-refractivity contribution is -0.384. The number of hydrogen-bond donors (Lipinski definition) is 1. The van der Waals surface area contributed by atoms with Crippen LogP contribution in [-0.4, -0.2) is 17.3 Å². The molecule has 2 aliphatic rings. The fraction of sp³-hybridized carbons (Fsp3) is 0.242. The Morgan fingerprint density at radius 3 is 2.41 bits per heavy atom. The number of nitrogens with zero attached hydrogens (tertiary/aromatic N) is 1. The molecule has 0 fully saturated rings. The second-order valence-corrected chi connectivity index (χ2v) is 10.3. The molecule has 39 heavy (non-hydrogen) atoms. The lowest BCUT2D eigenvalue weighted by Crippen LogP contribution is -2.29. The summed E-state index contributed by atoms with van der Waals surface area (Å²) in [5.41, 5.74) is 5.89. The van der Waals surface area contributed by atoms with Crippen LogP contribution in [0, 0.1) is 10.1 Å². The number of Topliss-reactive ketones (excluding diaryl/α,β-unsaturated/α-hetero) is 1. The van der Waals surface area contributed by atoms with E-state index in [4.69, 9.17) is 4.74 Å². The van der Waals surface area contributed by atoms with Crippen molar-refractivity contribution in [3.05, 3.63) is 117 Å². The van der Waals surface area contributed by atoms with E-state index in [1.54, 1.807) is 12.1 Å². The monoisotopic (exact) mass is 518 g/mol. The summed E-state index contributed by atoms with van der Waals surface area (Å²) in [5, 5.41) is 17.1. The van der Waals surface area contributed by atoms with E-state index < -0.39 is 4.92 Å². The Balaban J connectivity index is 1.42. The summed E-state index contributed by atoms with van der Waals surface area (Å²) in [7, 11) is 0. The number of benzene rings is 4. The molecule has 1 aliphatic carbocycles. The Kier molecular flexibility index (Phi) is 6.61. The molecule has 1 heterocycles. The first kappa shape index (κ1) is 24.9. The number of carbonyl (C=O) groups excluding carboxylic acids is 1. The number of allylic oxidation sites excluding steroid dienone is 1. The van der Waals surface area contributed by atoms with E-state index in [9.17, 15) is 14.9 Å². The van der Waals surface area contributed by atoms with Crippen LogP contribution < -0.4 is 10.1 Å². The number of hydrogen-bond acceptors (Lipinski definition) is 5. The summed E-state index contributed by atoms with van der Waals surface area (Å²) in [5.74, 6) is 1.02. The fourth-order valence-corrected chi connectivity index (χ4v) is 5.89. The highest BCUT2D eigenvalue weighted by Crippen LogP contribution is 2.51. The molecule has 2 atom stereocenters. The maximum absolute atomic E-state index is 13.9. The lowest BCUT2D eigenvalue weighted by atomic mass is 9.71. The lowest BCUT2D eigenvalue weighted by Gasteiger charge is -2.37. The summed E-state index contributed by atoms with van der Waals surface area (Å²) >= 11 is 0. The summed E-state index contributed by atoms with van der Waals surface area (Å²) in [6, 6.07) is 26.8. The normalized spacial score (nSPS) is 18.3. The molecule has 0 aromatic heterocycles. The average Bonchev–Trinajstić information content (AvgIpc) is 2.97. The van der Waals surface area contributed by atoms with Gasteiger partial charge in [-0.2, -0.15) is 0 Å². The Bertz CT molecular complexity index is 1590. The van der Waals surface area contributed by atoms with Gasteiger partial charge in [-0.25, -0.2) is 0 Å². The SMILES string of the molecule is CCCCOc1ccc([C@H]2CC(=O)C3=C(C2)c2c(ccc4ccccc24)N[C@@H]3c2ccc([N+](=O)[O-])cc2)cc1. The van der Waals surface area contributed by atoms with E-state index in [0.29, 0.717) is 13.0 Å². The zero-order valence-corrected chi connectivity index (χ0v) is 21.9. The van der Waals surface area contributed by atoms with Gasteiger partial charge in [0.2, 0.25) is 0 Å². The van der Waals surface area contributed by atoms with Crippen molar-refractivity contribution in [1.29, 1.82) is 0 Å². The molecule has 6 rings (SSSR count). The van der Waals surface area contributed by atoms with Gasteiger partial charge in [0.1, 0.15) is 5.75 Å². The molecule has 0 unspecified atom stereocenters. The highest BCUT2D eigenvalue weighted by atomic mass is 16.6. The van der Waals surface area contributed by atoms with Gasteiger partial charge in [-0.3, -0.25) is 14.9 Å². The van der Waals surface area contributed by atoms with Crippen LogP contribution in [0.25, 0.3) is 16.3 Å². The van der Waals surface area contributed by atoms with Crippen LogP contribution in [0.1, 0.15) is 61.3 Å². The number of ketones is 1. The summed E-state index contributed by atoms with van der Waals surface area (Å²) in [6.45, 7) is 2.85. The molecule has 0 saturated heterocycles. The Morgan fingerprint density at radius 1 is 0.923 bits per heavy atom. The number of non-ortho nitro benzene ring substituents is 1. The maximum atomic E-state index is 13.9. The number of nitrogens with one attached hydrogen (secondary N) is 1. The quantitative estimate of drug-likeness (QED) is 0.152. The molecule has 196 valence electrons. The molecular formula is C33H30N2O4. The second-order valence-electron chi connectivity index (χ2n) is 10.3. The van der Waals surface area contributed by atoms with Crippen LogP contribution in [0.15, 0.2) is 90.5 Å². The molecule has 4 aromatic carbocycles. The zero-order valence-electron chi connectivity index (χ0n) is 21.9. The van der Waals surface area contributed by atoms with Gasteiger partial charge >= 0.3 is 0 Å². The number of anilines is 1. The number of fused-ring (bicyclic) bond motifs is 4. The molecule has 0 amide bonds. The molecule has 1 N–H and O–H groups in total. The minimum absolute atomic E-state index is 0.0345. The third kappa shape index (κ3) is 4.67. The van der Waals surface area contributed by atoms with E-state index in [1.807, 2.05) is 24.3 Å². The van der Waals surface area contributed by atoms with Crippen molar-refractivity contribution in [2.24, 2.45) is 0 Å². The van der Waals surface area contributed by atoms with Gasteiger partial charge in [-0.15, -0.1) is 0 Å². The van der Waals surface area contributed by atoms with Crippen molar-refractivity contribution in [3.8, 4) is 5.75 Å². The summed E-state index contributed by atoms with van der Waals surface area (Å²) < 4.78 is 5.85. The van der Waals surface area contributed by atoms with Crippen LogP contribution in [-0.2, 0) is 4.79 Å². The maximum Gasteiger partial charge on any atom is 0.269 e. The van der Waals surface area contributed by atoms with Crippen LogP contribution in [0.4, 0.5) is 11.4 Å². The molecular weight excluding hydrogens is 488 g/mol. The number of unbranched alkanes of at least 4 members (excludes halogenated alkanes) is 1. The molecule has 1 aliphatic heterocycles. The molecule has 4 aromatic rings. The van der Waals surface area contributed by atoms with Crippen LogP contribution in [0.2, 0.25) is 0 Å². The highest BCUT2D eigenvalue weighted by Gasteiger charge is 2.38. The number of rotatable bonds is 7. The van der Waals surface area contributed by atoms with E-state index in [0.717, 1.165) is 69.3 Å². The van der Waals surface area contributed by atoms with Crippen LogP contribution >= 0.6 is 0 Å². The predicted molar refractivity (Wildman–Crippen MR) is 154 cm³/mol. The highest BCUT2D eigenvalue weighted by molar-refractivity contribution is 6.13. The molecule has 6 nitrogen and oxygen atoms in total. The van der Waals surface area contributed by atoms with E-state index in [-0.39, 0.29) is 23.4 Å². The van der Waals surface area contributed by atoms with Crippen molar-refractivity contribution in [3.63, 3.8) is 0 Å². The molecule has 0 saturated carbocycles. The largest absolute Gasteiger partial charge is 0.494 e. The molecule has 0 bridgehead atoms.